The lowest BCUT2D eigenvalue weighted by atomic mass is 9.78. The van der Waals surface area contributed by atoms with E-state index in [0.29, 0.717) is 12.8 Å². The third-order valence-corrected chi connectivity index (χ3v) is 14.4. The zero-order valence-corrected chi connectivity index (χ0v) is 40.7. The summed E-state index contributed by atoms with van der Waals surface area (Å²) in [4.78, 5) is 75.6. The fourth-order valence-electron chi connectivity index (χ4n) is 9.97. The summed E-state index contributed by atoms with van der Waals surface area (Å²) in [6, 6.07) is 10.0. The molecule has 5 bridgehead atoms. The number of likely N-dealkylation sites (tertiary alicyclic amines) is 1. The molecule has 0 spiro atoms. The molecule has 5 N–H and O–H groups in total. The molecule has 8 rings (SSSR count). The molecule has 2 aromatic rings. The van der Waals surface area contributed by atoms with Crippen LogP contribution in [-0.2, 0) is 30.3 Å². The maximum Gasteiger partial charge on any atom is 0.407 e. The van der Waals surface area contributed by atoms with Crippen LogP contribution in [0.3, 0.4) is 0 Å². The lowest BCUT2D eigenvalue weighted by Gasteiger charge is -2.38. The van der Waals surface area contributed by atoms with Crippen molar-refractivity contribution >= 4 is 29.4 Å². The summed E-state index contributed by atoms with van der Waals surface area (Å²) < 4.78 is 29.9. The Hall–Kier alpha value is -5.85. The average Bonchev–Trinajstić information content (AvgIpc) is 3.61. The highest BCUT2D eigenvalue weighted by Crippen LogP contribution is 2.49. The van der Waals surface area contributed by atoms with Crippen LogP contribution in [0.1, 0.15) is 96.6 Å². The van der Waals surface area contributed by atoms with Gasteiger partial charge in [0.2, 0.25) is 11.6 Å². The Kier molecular flexibility index (Phi) is 15.8. The van der Waals surface area contributed by atoms with Crippen LogP contribution in [0.4, 0.5) is 4.79 Å². The summed E-state index contributed by atoms with van der Waals surface area (Å²) in [6.45, 7) is 14.4. The SMILES string of the molecule is CO[C@H]1C=CO[C@@]2(C)Oc3c(C)c(O)c4c(c3C2=O)C(=O)C(N2CCOCC2)=C(NC(=O)C(C)=CC=C[C@H](C)[C@H](O)[C@@H](C)[C@@H](O)[C@@H](C)[C@H](OC(=O)NC2CCN(Cc3ccccc3)CC2)[C@@H]1C)C4=O. The number of alkyl carbamates (subject to hydrolysis) is 1. The number of phenolic OH excluding ortho intramolecular Hbond substituents is 1. The van der Waals surface area contributed by atoms with Gasteiger partial charge in [-0.05, 0) is 38.3 Å². The van der Waals surface area contributed by atoms with Crippen LogP contribution in [-0.4, -0.2) is 137 Å². The number of phenols is 1. The van der Waals surface area contributed by atoms with Gasteiger partial charge in [0.1, 0.15) is 29.0 Å². The number of hydrogen-bond donors (Lipinski definition) is 5. The number of carbonyl (C=O) groups is 5. The van der Waals surface area contributed by atoms with Gasteiger partial charge in [-0.3, -0.25) is 24.1 Å². The molecular formula is C52H66N4O13. The highest BCUT2D eigenvalue weighted by Gasteiger charge is 2.53. The minimum absolute atomic E-state index is 0.000681. The first-order valence-corrected chi connectivity index (χ1v) is 23.8. The van der Waals surface area contributed by atoms with Gasteiger partial charge in [-0.25, -0.2) is 4.79 Å². The van der Waals surface area contributed by atoms with E-state index >= 15 is 0 Å². The average molecular weight is 955 g/mol. The molecule has 0 saturated carbocycles. The fourth-order valence-corrected chi connectivity index (χ4v) is 9.97. The summed E-state index contributed by atoms with van der Waals surface area (Å²) in [6.07, 6.45) is 4.05. The number of aliphatic hydroxyl groups is 2. The molecular weight excluding hydrogens is 889 g/mol. The Morgan fingerprint density at radius 2 is 1.57 bits per heavy atom. The van der Waals surface area contributed by atoms with E-state index in [1.165, 1.54) is 51.9 Å². The molecule has 2 saturated heterocycles. The molecule has 17 heteroatoms. The van der Waals surface area contributed by atoms with Crippen molar-refractivity contribution in [3.63, 3.8) is 0 Å². The van der Waals surface area contributed by atoms with Gasteiger partial charge in [0.25, 0.3) is 11.7 Å². The van der Waals surface area contributed by atoms with Crippen molar-refractivity contribution in [1.29, 1.82) is 0 Å². The van der Waals surface area contributed by atoms with Crippen LogP contribution in [0, 0.1) is 30.6 Å². The first kappa shape index (κ1) is 51.0. The fraction of sp³-hybridized carbons (Fsp3) is 0.519. The van der Waals surface area contributed by atoms with Crippen LogP contribution in [0.25, 0.3) is 0 Å². The molecule has 0 aromatic heterocycles. The van der Waals surface area contributed by atoms with Crippen molar-refractivity contribution in [3.05, 3.63) is 106 Å². The molecule has 2 aromatic carbocycles. The molecule has 1 aliphatic carbocycles. The number of nitrogens with zero attached hydrogens (tertiary/aromatic N) is 2. The number of Topliss-reactive ketones (excluding diaryl/α,β-unsaturated/α-hetero) is 3. The van der Waals surface area contributed by atoms with Crippen molar-refractivity contribution in [2.24, 2.45) is 23.7 Å². The first-order valence-electron chi connectivity index (χ1n) is 23.8. The number of carbonyl (C=O) groups excluding carboxylic acids is 5. The van der Waals surface area contributed by atoms with Crippen molar-refractivity contribution < 1.29 is 63.0 Å². The van der Waals surface area contributed by atoms with E-state index in [4.69, 9.17) is 23.7 Å². The molecule has 0 radical (unpaired) electrons. The highest BCUT2D eigenvalue weighted by atomic mass is 16.7. The maximum atomic E-state index is 14.8. The van der Waals surface area contributed by atoms with E-state index < -0.39 is 94.5 Å². The largest absolute Gasteiger partial charge is 0.507 e. The Bertz CT molecular complexity index is 2420. The number of methoxy groups -OCH3 is 1. The van der Waals surface area contributed by atoms with Crippen molar-refractivity contribution in [2.75, 3.05) is 46.5 Å². The Morgan fingerprint density at radius 3 is 2.23 bits per heavy atom. The number of hydrogen-bond acceptors (Lipinski definition) is 15. The van der Waals surface area contributed by atoms with Crippen LogP contribution in [0.15, 0.2) is 77.9 Å². The van der Waals surface area contributed by atoms with Gasteiger partial charge in [-0.1, -0.05) is 76.3 Å². The minimum Gasteiger partial charge on any atom is -0.507 e. The van der Waals surface area contributed by atoms with E-state index in [1.807, 2.05) is 18.2 Å². The minimum atomic E-state index is -2.10. The number of fused-ring (bicyclic) bond motifs is 14. The number of aliphatic hydroxyl groups excluding tert-OH is 2. The zero-order chi connectivity index (χ0) is 49.9. The number of morpholine rings is 1. The van der Waals surface area contributed by atoms with Gasteiger partial charge < -0.3 is 54.5 Å². The number of nitrogens with one attached hydrogen (secondary N) is 2. The molecule has 5 heterocycles. The van der Waals surface area contributed by atoms with E-state index in [-0.39, 0.29) is 71.8 Å². The number of aromatic hydroxyl groups is 1. The smallest absolute Gasteiger partial charge is 0.407 e. The number of piperidine rings is 1. The topological polar surface area (TPSA) is 223 Å². The standard InChI is InChI=1S/C52H66N4O13/c1-28-13-12-14-29(2)50(63)54-40-41(56-22-25-66-26-23-56)46(61)37-38(45(40)60)44(59)33(6)48-39(37)49(62)52(7,69-48)67-24-19-36(65-8)30(3)47(32(5)43(58)31(4)42(28)57)68-51(64)53-35-17-20-55(21-18-35)27-34-15-10-9-11-16-34/h9-16,19,24,28,30-32,35-36,42-43,47,57-59H,17-18,20-23,25-27H2,1-8H3,(H,53,64)(H,54,63)/t28-,30+,31+,32+,36-,42-,43+,47+,52-/m0/s1. The molecule has 6 aliphatic rings. The van der Waals surface area contributed by atoms with Crippen LogP contribution in [0.2, 0.25) is 0 Å². The zero-order valence-electron chi connectivity index (χ0n) is 40.7. The van der Waals surface area contributed by atoms with Gasteiger partial charge in [0, 0.05) is 87.6 Å². The number of allylic oxidation sites excluding steroid dienone is 4. The van der Waals surface area contributed by atoms with E-state index in [9.17, 15) is 39.3 Å². The lowest BCUT2D eigenvalue weighted by molar-refractivity contribution is -0.116. The summed E-state index contributed by atoms with van der Waals surface area (Å²) >= 11 is 0. The number of benzene rings is 2. The van der Waals surface area contributed by atoms with Crippen LogP contribution in [0.5, 0.6) is 11.5 Å². The molecule has 2 fully saturated rings. The van der Waals surface area contributed by atoms with E-state index in [2.05, 4.69) is 27.7 Å². The van der Waals surface area contributed by atoms with Gasteiger partial charge in [-0.2, -0.15) is 0 Å². The van der Waals surface area contributed by atoms with Crippen molar-refractivity contribution in [3.8, 4) is 11.5 Å². The van der Waals surface area contributed by atoms with Gasteiger partial charge in [0.05, 0.1) is 54.5 Å². The van der Waals surface area contributed by atoms with Gasteiger partial charge >= 0.3 is 11.9 Å². The second-order valence-corrected chi connectivity index (χ2v) is 19.1. The maximum absolute atomic E-state index is 14.8. The second kappa shape index (κ2) is 21.4. The van der Waals surface area contributed by atoms with Crippen molar-refractivity contribution in [1.82, 2.24) is 20.4 Å². The molecule has 17 nitrogen and oxygen atoms in total. The van der Waals surface area contributed by atoms with Crippen molar-refractivity contribution in [2.45, 2.75) is 104 Å². The number of ether oxygens (including phenoxy) is 5. The van der Waals surface area contributed by atoms with Crippen LogP contribution < -0.4 is 15.4 Å². The number of amides is 2. The third-order valence-electron chi connectivity index (χ3n) is 14.4. The molecule has 69 heavy (non-hydrogen) atoms. The monoisotopic (exact) mass is 954 g/mol. The van der Waals surface area contributed by atoms with Gasteiger partial charge in [-0.15, -0.1) is 0 Å². The molecule has 0 unspecified atom stereocenters. The summed E-state index contributed by atoms with van der Waals surface area (Å²) in [7, 11) is 1.45. The Balaban J connectivity index is 1.21. The normalized spacial score (nSPS) is 29.9. The summed E-state index contributed by atoms with van der Waals surface area (Å²) in [5, 5.41) is 40.8. The predicted molar refractivity (Wildman–Crippen MR) is 253 cm³/mol. The molecule has 9 atom stereocenters. The van der Waals surface area contributed by atoms with Crippen LogP contribution >= 0.6 is 0 Å². The predicted octanol–water partition coefficient (Wildman–Crippen LogP) is 5.12. The van der Waals surface area contributed by atoms with E-state index in [0.717, 1.165) is 19.6 Å². The second-order valence-electron chi connectivity index (χ2n) is 19.1. The highest BCUT2D eigenvalue weighted by molar-refractivity contribution is 6.32. The lowest BCUT2D eigenvalue weighted by Crippen LogP contribution is -2.50. The Morgan fingerprint density at radius 1 is 0.884 bits per heavy atom. The Labute approximate surface area is 403 Å². The summed E-state index contributed by atoms with van der Waals surface area (Å²) in [5.41, 5.74) is -0.274. The molecule has 372 valence electrons. The number of rotatable bonds is 6. The third kappa shape index (κ3) is 10.5. The summed E-state index contributed by atoms with van der Waals surface area (Å²) in [5.74, 6) is -8.75. The molecule has 5 aliphatic heterocycles. The quantitative estimate of drug-likeness (QED) is 0.254. The van der Waals surface area contributed by atoms with E-state index in [1.54, 1.807) is 44.7 Å². The first-order chi connectivity index (χ1) is 32.9. The number of ketones is 3. The molecule has 2 amide bonds. The van der Waals surface area contributed by atoms with Gasteiger partial charge in [0.15, 0.2) is 0 Å².